The van der Waals surface area contributed by atoms with E-state index in [0.29, 0.717) is 16.4 Å². The minimum Gasteiger partial charge on any atom is -0.459 e. The first kappa shape index (κ1) is 19.8. The number of benzene rings is 1. The molecule has 0 bridgehead atoms. The highest BCUT2D eigenvalue weighted by molar-refractivity contribution is 6.30. The van der Waals surface area contributed by atoms with Crippen molar-refractivity contribution in [1.29, 1.82) is 0 Å². The summed E-state index contributed by atoms with van der Waals surface area (Å²) in [7, 11) is 0. The van der Waals surface area contributed by atoms with Gasteiger partial charge in [-0.2, -0.15) is 0 Å². The Morgan fingerprint density at radius 3 is 2.80 bits per heavy atom. The molecule has 0 aliphatic carbocycles. The zero-order valence-corrected chi connectivity index (χ0v) is 16.9. The molecule has 0 unspecified atom stereocenters. The molecule has 1 atom stereocenters. The van der Waals surface area contributed by atoms with Crippen LogP contribution in [0.15, 0.2) is 59.7 Å². The number of amides is 1. The Morgan fingerprint density at radius 1 is 1.20 bits per heavy atom. The molecule has 0 saturated heterocycles. The number of fused-ring (bicyclic) bond motifs is 2. The van der Waals surface area contributed by atoms with E-state index >= 15 is 0 Å². The molecule has 0 saturated carbocycles. The molecule has 8 heteroatoms. The van der Waals surface area contributed by atoms with Crippen LogP contribution in [0.4, 0.5) is 0 Å². The van der Waals surface area contributed by atoms with Crippen LogP contribution in [0.3, 0.4) is 0 Å². The van der Waals surface area contributed by atoms with Crippen molar-refractivity contribution in [3.63, 3.8) is 0 Å². The van der Waals surface area contributed by atoms with Gasteiger partial charge < -0.3 is 9.64 Å². The molecule has 1 aromatic carbocycles. The average Bonchev–Trinajstić information content (AvgIpc) is 2.73. The number of rotatable bonds is 4. The van der Waals surface area contributed by atoms with E-state index in [-0.39, 0.29) is 24.5 Å². The number of ether oxygens (including phenoxy) is 1. The fourth-order valence-corrected chi connectivity index (χ4v) is 3.65. The Balaban J connectivity index is 1.50. The molecule has 7 nitrogen and oxygen atoms in total. The highest BCUT2D eigenvalue weighted by Gasteiger charge is 2.28. The summed E-state index contributed by atoms with van der Waals surface area (Å²) < 4.78 is 6.69. The summed E-state index contributed by atoms with van der Waals surface area (Å²) in [5.41, 5.74) is 2.26. The quantitative estimate of drug-likeness (QED) is 0.601. The number of hydrogen-bond donors (Lipinski definition) is 0. The minimum absolute atomic E-state index is 0.0108. The van der Waals surface area contributed by atoms with Gasteiger partial charge in [0.25, 0.3) is 5.56 Å². The number of carbonyl (C=O) groups is 2. The Hall–Kier alpha value is -3.45. The van der Waals surface area contributed by atoms with Gasteiger partial charge in [0.05, 0.1) is 23.2 Å². The second kappa shape index (κ2) is 8.12. The van der Waals surface area contributed by atoms with Gasteiger partial charge in [-0.3, -0.25) is 18.8 Å². The first-order valence-corrected chi connectivity index (χ1v) is 9.69. The number of carbonyl (C=O) groups excluding carboxylic acids is 2. The maximum atomic E-state index is 12.5. The number of aromatic nitrogens is 2. The molecule has 30 heavy (non-hydrogen) atoms. The zero-order chi connectivity index (χ0) is 21.3. The third-order valence-corrected chi connectivity index (χ3v) is 5.11. The van der Waals surface area contributed by atoms with Gasteiger partial charge >= 0.3 is 5.97 Å². The van der Waals surface area contributed by atoms with E-state index in [1.165, 1.54) is 28.5 Å². The van der Waals surface area contributed by atoms with Gasteiger partial charge in [-0.1, -0.05) is 35.9 Å². The van der Waals surface area contributed by atoms with Crippen molar-refractivity contribution in [2.45, 2.75) is 26.0 Å². The molecule has 1 amide bonds. The van der Waals surface area contributed by atoms with Crippen LogP contribution in [0.25, 0.3) is 11.7 Å². The predicted octanol–water partition coefficient (Wildman–Crippen LogP) is 3.36. The monoisotopic (exact) mass is 423 g/mol. The molecule has 0 N–H and O–H groups in total. The van der Waals surface area contributed by atoms with E-state index in [9.17, 15) is 14.4 Å². The SMILES string of the molecule is CC(=O)N1C=Cc2ccccc2[C@H]1CC(=O)OCc1cc(=O)n2cc(Cl)ccc2n1. The molecule has 3 aromatic rings. The fourth-order valence-electron chi connectivity index (χ4n) is 3.48. The molecule has 1 aliphatic rings. The van der Waals surface area contributed by atoms with Crippen LogP contribution < -0.4 is 5.56 Å². The van der Waals surface area contributed by atoms with Crippen LogP contribution in [0.5, 0.6) is 0 Å². The standard InChI is InChI=1S/C22H18ClN3O4/c1-14(27)25-9-8-15-4-2-3-5-18(15)19(25)11-22(29)30-13-17-10-21(28)26-12-16(23)6-7-20(26)24-17/h2-10,12,19H,11,13H2,1H3/t19-/m1/s1. The molecule has 2 aromatic heterocycles. The van der Waals surface area contributed by atoms with E-state index < -0.39 is 12.0 Å². The van der Waals surface area contributed by atoms with Gasteiger partial charge in [0.1, 0.15) is 12.3 Å². The number of hydrogen-bond acceptors (Lipinski definition) is 5. The van der Waals surface area contributed by atoms with E-state index in [1.54, 1.807) is 18.3 Å². The smallest absolute Gasteiger partial charge is 0.308 e. The van der Waals surface area contributed by atoms with Gasteiger partial charge in [0.2, 0.25) is 5.91 Å². The average molecular weight is 424 g/mol. The van der Waals surface area contributed by atoms with Crippen LogP contribution in [0, 0.1) is 0 Å². The van der Waals surface area contributed by atoms with E-state index in [0.717, 1.165) is 11.1 Å². The first-order chi connectivity index (χ1) is 14.4. The van der Waals surface area contributed by atoms with Gasteiger partial charge in [-0.15, -0.1) is 0 Å². The molecular weight excluding hydrogens is 406 g/mol. The summed E-state index contributed by atoms with van der Waals surface area (Å²) in [6, 6.07) is 11.7. The fraction of sp³-hybridized carbons (Fsp3) is 0.182. The lowest BCUT2D eigenvalue weighted by Crippen LogP contribution is -2.32. The Morgan fingerprint density at radius 2 is 2.00 bits per heavy atom. The van der Waals surface area contributed by atoms with Crippen LogP contribution >= 0.6 is 11.6 Å². The molecule has 4 rings (SSSR count). The normalized spacial score (nSPS) is 15.1. The van der Waals surface area contributed by atoms with Crippen molar-refractivity contribution in [3.8, 4) is 0 Å². The van der Waals surface area contributed by atoms with Crippen molar-refractivity contribution >= 4 is 35.2 Å². The van der Waals surface area contributed by atoms with Crippen molar-refractivity contribution in [2.75, 3.05) is 0 Å². The molecule has 152 valence electrons. The van der Waals surface area contributed by atoms with Crippen molar-refractivity contribution in [2.24, 2.45) is 0 Å². The van der Waals surface area contributed by atoms with Crippen molar-refractivity contribution in [3.05, 3.63) is 87.1 Å². The molecule has 1 aliphatic heterocycles. The largest absolute Gasteiger partial charge is 0.459 e. The second-order valence-corrected chi connectivity index (χ2v) is 7.35. The first-order valence-electron chi connectivity index (χ1n) is 9.32. The summed E-state index contributed by atoms with van der Waals surface area (Å²) in [5, 5.41) is 0.419. The maximum Gasteiger partial charge on any atom is 0.308 e. The molecule has 0 fully saturated rings. The minimum atomic E-state index is -0.491. The van der Waals surface area contributed by atoms with Crippen LogP contribution in [-0.2, 0) is 20.9 Å². The lowest BCUT2D eigenvalue weighted by molar-refractivity contribution is -0.147. The summed E-state index contributed by atoms with van der Waals surface area (Å²) in [5.74, 6) is -0.657. The Labute approximate surface area is 177 Å². The lowest BCUT2D eigenvalue weighted by Gasteiger charge is -2.32. The Bertz CT molecular complexity index is 1230. The highest BCUT2D eigenvalue weighted by Crippen LogP contribution is 2.33. The summed E-state index contributed by atoms with van der Waals surface area (Å²) in [4.78, 5) is 42.7. The summed E-state index contributed by atoms with van der Waals surface area (Å²) in [6.45, 7) is 1.31. The number of esters is 1. The topological polar surface area (TPSA) is 81.0 Å². The van der Waals surface area contributed by atoms with Crippen LogP contribution in [-0.4, -0.2) is 26.2 Å². The number of nitrogens with zero attached hydrogens (tertiary/aromatic N) is 3. The molecule has 0 radical (unpaired) electrons. The zero-order valence-electron chi connectivity index (χ0n) is 16.1. The second-order valence-electron chi connectivity index (χ2n) is 6.91. The highest BCUT2D eigenvalue weighted by atomic mass is 35.5. The predicted molar refractivity (Wildman–Crippen MR) is 112 cm³/mol. The van der Waals surface area contributed by atoms with E-state index in [2.05, 4.69) is 4.98 Å². The number of halogens is 1. The third-order valence-electron chi connectivity index (χ3n) is 4.89. The maximum absolute atomic E-state index is 12.5. The lowest BCUT2D eigenvalue weighted by atomic mass is 9.94. The Kier molecular flexibility index (Phi) is 5.37. The third kappa shape index (κ3) is 3.97. The summed E-state index contributed by atoms with van der Waals surface area (Å²) >= 11 is 5.91. The van der Waals surface area contributed by atoms with Gasteiger partial charge in [-0.05, 0) is 29.3 Å². The van der Waals surface area contributed by atoms with Gasteiger partial charge in [0, 0.05) is 25.4 Å². The molecular formula is C22H18ClN3O4. The van der Waals surface area contributed by atoms with Crippen molar-refractivity contribution in [1.82, 2.24) is 14.3 Å². The van der Waals surface area contributed by atoms with E-state index in [1.807, 2.05) is 30.3 Å². The number of pyridine rings is 1. The van der Waals surface area contributed by atoms with Crippen LogP contribution in [0.2, 0.25) is 5.02 Å². The molecule has 0 spiro atoms. The van der Waals surface area contributed by atoms with Crippen LogP contribution in [0.1, 0.15) is 36.2 Å². The molecule has 3 heterocycles. The van der Waals surface area contributed by atoms with E-state index in [4.69, 9.17) is 16.3 Å². The van der Waals surface area contributed by atoms with Crippen molar-refractivity contribution < 1.29 is 14.3 Å². The summed E-state index contributed by atoms with van der Waals surface area (Å²) in [6.07, 6.45) is 4.99. The van der Waals surface area contributed by atoms with Gasteiger partial charge in [-0.25, -0.2) is 4.98 Å². The van der Waals surface area contributed by atoms with Gasteiger partial charge in [0.15, 0.2) is 0 Å².